The van der Waals surface area contributed by atoms with E-state index in [0.717, 1.165) is 13.1 Å². The van der Waals surface area contributed by atoms with Gasteiger partial charge in [0.15, 0.2) is 0 Å². The van der Waals surface area contributed by atoms with Gasteiger partial charge in [-0.1, -0.05) is 0 Å². The maximum Gasteiger partial charge on any atom is 0.131 e. The van der Waals surface area contributed by atoms with Crippen molar-refractivity contribution in [3.05, 3.63) is 12.3 Å². The van der Waals surface area contributed by atoms with Crippen molar-refractivity contribution in [3.63, 3.8) is 0 Å². The molecule has 0 aromatic heterocycles. The molecule has 1 nitrogen and oxygen atoms in total. The molecule has 0 aliphatic rings. The van der Waals surface area contributed by atoms with Gasteiger partial charge in [0, 0.05) is 6.08 Å². The fourth-order valence-electron chi connectivity index (χ4n) is 0.695. The van der Waals surface area contributed by atoms with Gasteiger partial charge in [-0.15, -0.1) is 23.2 Å². The summed E-state index contributed by atoms with van der Waals surface area (Å²) in [5.74, 6) is 0. The highest BCUT2D eigenvalue weighted by molar-refractivity contribution is 6.45. The summed E-state index contributed by atoms with van der Waals surface area (Å²) < 4.78 is 0. The molecular formula is C7H14Cl3N. The number of hydrogen-bond acceptors (Lipinski definition) is 0. The van der Waals surface area contributed by atoms with Gasteiger partial charge in [-0.05, 0) is 13.8 Å². The van der Waals surface area contributed by atoms with Crippen molar-refractivity contribution in [1.29, 1.82) is 0 Å². The minimum Gasteiger partial charge on any atom is -1.00 e. The number of allylic oxidation sites excluding steroid dienone is 1. The van der Waals surface area contributed by atoms with Crippen LogP contribution in [0.5, 0.6) is 0 Å². The molecule has 68 valence electrons. The van der Waals surface area contributed by atoms with Crippen LogP contribution >= 0.6 is 23.2 Å². The Kier molecular flexibility index (Phi) is 11.1. The molecule has 0 unspecified atom stereocenters. The van der Waals surface area contributed by atoms with Crippen LogP contribution in [0, 0.1) is 0 Å². The number of nitrogens with one attached hydrogen (secondary N) is 1. The molecule has 0 bridgehead atoms. The second kappa shape index (κ2) is 8.66. The fraction of sp³-hybridized carbons (Fsp3) is 0.714. The quantitative estimate of drug-likeness (QED) is 0.533. The highest BCUT2D eigenvalue weighted by atomic mass is 35.5. The van der Waals surface area contributed by atoms with Crippen LogP contribution in [0.15, 0.2) is 12.3 Å². The van der Waals surface area contributed by atoms with Crippen LogP contribution in [-0.4, -0.2) is 17.9 Å². The first-order valence-corrected chi connectivity index (χ1v) is 4.39. The van der Waals surface area contributed by atoms with Crippen molar-refractivity contribution in [2.75, 3.05) is 13.1 Å². The van der Waals surface area contributed by atoms with Crippen molar-refractivity contribution < 1.29 is 17.3 Å². The normalized spacial score (nSPS) is 11.1. The second-order valence-corrected chi connectivity index (χ2v) is 3.22. The molecule has 0 radical (unpaired) electrons. The van der Waals surface area contributed by atoms with Gasteiger partial charge in [0.05, 0.1) is 19.3 Å². The predicted molar refractivity (Wildman–Crippen MR) is 46.7 cm³/mol. The van der Waals surface area contributed by atoms with Crippen molar-refractivity contribution >= 4 is 23.2 Å². The Balaban J connectivity index is 0. The van der Waals surface area contributed by atoms with Crippen LogP contribution in [0.2, 0.25) is 0 Å². The number of halogens is 3. The lowest BCUT2D eigenvalue weighted by Gasteiger charge is -2.07. The molecule has 0 aliphatic carbocycles. The van der Waals surface area contributed by atoms with E-state index in [9.17, 15) is 0 Å². The SMILES string of the molecule is CC[NH+](C=CC(Cl)Cl)CC.[Cl-]. The Morgan fingerprint density at radius 1 is 1.27 bits per heavy atom. The minimum atomic E-state index is -0.368. The van der Waals surface area contributed by atoms with E-state index in [1.807, 2.05) is 6.20 Å². The van der Waals surface area contributed by atoms with Gasteiger partial charge < -0.3 is 17.3 Å². The van der Waals surface area contributed by atoms with E-state index >= 15 is 0 Å². The van der Waals surface area contributed by atoms with E-state index in [2.05, 4.69) is 13.8 Å². The van der Waals surface area contributed by atoms with Gasteiger partial charge in [-0.3, -0.25) is 0 Å². The van der Waals surface area contributed by atoms with Gasteiger partial charge in [-0.25, -0.2) is 0 Å². The van der Waals surface area contributed by atoms with Gasteiger partial charge in [0.25, 0.3) is 0 Å². The lowest BCUT2D eigenvalue weighted by atomic mass is 10.5. The molecule has 0 atom stereocenters. The number of quaternary nitrogens is 1. The van der Waals surface area contributed by atoms with Crippen LogP contribution in [-0.2, 0) is 0 Å². The molecule has 0 amide bonds. The van der Waals surface area contributed by atoms with Gasteiger partial charge in [-0.2, -0.15) is 0 Å². The Hall–Kier alpha value is 0.570. The fourth-order valence-corrected chi connectivity index (χ4v) is 0.840. The van der Waals surface area contributed by atoms with Crippen LogP contribution < -0.4 is 17.3 Å². The van der Waals surface area contributed by atoms with E-state index in [1.165, 1.54) is 4.90 Å². The van der Waals surface area contributed by atoms with E-state index in [-0.39, 0.29) is 17.2 Å². The van der Waals surface area contributed by atoms with E-state index in [4.69, 9.17) is 23.2 Å². The van der Waals surface area contributed by atoms with Crippen LogP contribution in [0.25, 0.3) is 0 Å². The molecule has 4 heteroatoms. The van der Waals surface area contributed by atoms with Gasteiger partial charge in [0.2, 0.25) is 0 Å². The number of alkyl halides is 2. The molecule has 1 N–H and O–H groups in total. The standard InChI is InChI=1S/C7H13Cl2N.ClH/c1-3-10(4-2)6-5-7(8)9;/h5-7H,3-4H2,1-2H3;1H. The number of rotatable bonds is 4. The third-order valence-electron chi connectivity index (χ3n) is 1.39. The maximum absolute atomic E-state index is 5.50. The lowest BCUT2D eigenvalue weighted by Crippen LogP contribution is -3.06. The Morgan fingerprint density at radius 2 is 1.73 bits per heavy atom. The monoisotopic (exact) mass is 217 g/mol. The minimum absolute atomic E-state index is 0. The molecule has 0 saturated heterocycles. The van der Waals surface area contributed by atoms with Crippen molar-refractivity contribution in [1.82, 2.24) is 0 Å². The largest absolute Gasteiger partial charge is 1.00 e. The Bertz CT molecular complexity index is 99.9. The zero-order valence-corrected chi connectivity index (χ0v) is 9.05. The van der Waals surface area contributed by atoms with E-state index in [1.54, 1.807) is 6.08 Å². The van der Waals surface area contributed by atoms with Crippen molar-refractivity contribution in [2.24, 2.45) is 0 Å². The maximum atomic E-state index is 5.50. The summed E-state index contributed by atoms with van der Waals surface area (Å²) in [6.45, 7) is 6.41. The third kappa shape index (κ3) is 8.48. The smallest absolute Gasteiger partial charge is 0.131 e. The average molecular weight is 219 g/mol. The summed E-state index contributed by atoms with van der Waals surface area (Å²) in [5, 5.41) is 0. The van der Waals surface area contributed by atoms with E-state index < -0.39 is 0 Å². The van der Waals surface area contributed by atoms with Gasteiger partial charge in [0.1, 0.15) is 4.84 Å². The molecular weight excluding hydrogens is 204 g/mol. The Morgan fingerprint density at radius 3 is 2.00 bits per heavy atom. The number of hydrogen-bond donors (Lipinski definition) is 1. The topological polar surface area (TPSA) is 4.44 Å². The molecule has 0 aromatic rings. The zero-order chi connectivity index (χ0) is 7.98. The molecule has 0 rings (SSSR count). The van der Waals surface area contributed by atoms with Crippen LogP contribution in [0.1, 0.15) is 13.8 Å². The third-order valence-corrected chi connectivity index (χ3v) is 1.68. The molecule has 0 saturated carbocycles. The summed E-state index contributed by atoms with van der Waals surface area (Å²) in [5.41, 5.74) is 0. The predicted octanol–water partition coefficient (Wildman–Crippen LogP) is -1.77. The second-order valence-electron chi connectivity index (χ2n) is 2.06. The van der Waals surface area contributed by atoms with Crippen LogP contribution in [0.4, 0.5) is 0 Å². The van der Waals surface area contributed by atoms with Gasteiger partial charge >= 0.3 is 0 Å². The summed E-state index contributed by atoms with van der Waals surface area (Å²) in [6, 6.07) is 0. The summed E-state index contributed by atoms with van der Waals surface area (Å²) >= 11 is 11.0. The first kappa shape index (κ1) is 14.1. The first-order chi connectivity index (χ1) is 4.70. The molecule has 0 aliphatic heterocycles. The van der Waals surface area contributed by atoms with Crippen molar-refractivity contribution in [3.8, 4) is 0 Å². The zero-order valence-electron chi connectivity index (χ0n) is 6.78. The molecule has 0 aromatic carbocycles. The molecule has 0 fully saturated rings. The molecule has 11 heavy (non-hydrogen) atoms. The van der Waals surface area contributed by atoms with Crippen molar-refractivity contribution in [2.45, 2.75) is 18.7 Å². The average Bonchev–Trinajstić information content (AvgIpc) is 1.90. The summed E-state index contributed by atoms with van der Waals surface area (Å²) in [4.78, 5) is 1.01. The van der Waals surface area contributed by atoms with Crippen LogP contribution in [0.3, 0.4) is 0 Å². The highest BCUT2D eigenvalue weighted by Gasteiger charge is 1.96. The lowest BCUT2D eigenvalue weighted by molar-refractivity contribution is -0.842. The highest BCUT2D eigenvalue weighted by Crippen LogP contribution is 2.00. The Labute approximate surface area is 84.8 Å². The molecule has 0 heterocycles. The summed E-state index contributed by atoms with van der Waals surface area (Å²) in [7, 11) is 0. The van der Waals surface area contributed by atoms with E-state index in [0.29, 0.717) is 0 Å². The first-order valence-electron chi connectivity index (χ1n) is 3.51. The molecule has 0 spiro atoms. The summed E-state index contributed by atoms with van der Waals surface area (Å²) in [6.07, 6.45) is 3.80.